The van der Waals surface area contributed by atoms with Crippen LogP contribution in [-0.2, 0) is 20.1 Å². The maximum absolute atomic E-state index is 14.6. The van der Waals surface area contributed by atoms with Crippen molar-refractivity contribution in [3.05, 3.63) is 137 Å². The molecular weight excluding hydrogens is 819 g/mol. The number of hydrogen-bond donors (Lipinski definition) is 0. The molecule has 50 heavy (non-hydrogen) atoms. The smallest absolute Gasteiger partial charge is 0.126 e. The van der Waals surface area contributed by atoms with E-state index in [0.29, 0.717) is 33.2 Å². The van der Waals surface area contributed by atoms with Crippen molar-refractivity contribution in [1.82, 2.24) is 9.97 Å². The molecule has 0 bridgehead atoms. The van der Waals surface area contributed by atoms with Crippen molar-refractivity contribution in [3.63, 3.8) is 0 Å². The van der Waals surface area contributed by atoms with Crippen LogP contribution in [0.1, 0.15) is 43.4 Å². The first-order valence-electron chi connectivity index (χ1n) is 16.9. The average Bonchev–Trinajstić information content (AvgIpc) is 3.43. The van der Waals surface area contributed by atoms with Crippen LogP contribution in [0.15, 0.2) is 95.7 Å². The van der Waals surface area contributed by atoms with Gasteiger partial charge < -0.3 is 14.4 Å². The summed E-state index contributed by atoms with van der Waals surface area (Å²) in [5, 5.41) is 2.12. The van der Waals surface area contributed by atoms with Gasteiger partial charge in [-0.15, -0.1) is 48.0 Å². The molecule has 0 amide bonds. The summed E-state index contributed by atoms with van der Waals surface area (Å²) in [5.41, 5.74) is 10.5. The van der Waals surface area contributed by atoms with E-state index < -0.39 is 25.6 Å². The molecule has 0 aliphatic carbocycles. The van der Waals surface area contributed by atoms with E-state index in [2.05, 4.69) is 80.7 Å². The van der Waals surface area contributed by atoms with Crippen LogP contribution >= 0.6 is 0 Å². The molecule has 0 aliphatic rings. The Morgan fingerprint density at radius 3 is 2.26 bits per heavy atom. The number of fused-ring (bicyclic) bond motifs is 3. The summed E-state index contributed by atoms with van der Waals surface area (Å²) in [6.07, 6.45) is 3.71. The molecule has 0 spiro atoms. The largest absolute Gasteiger partial charge is 0.500 e. The summed E-state index contributed by atoms with van der Waals surface area (Å²) in [5.74, 6) is -1.50. The maximum atomic E-state index is 14.6. The summed E-state index contributed by atoms with van der Waals surface area (Å²) < 4.78 is 42.6. The summed E-state index contributed by atoms with van der Waals surface area (Å²) >= 11 is 0. The number of pyridine rings is 2. The van der Waals surface area contributed by atoms with Crippen LogP contribution in [0.3, 0.4) is 0 Å². The molecule has 0 atom stereocenters. The fraction of sp³-hybridized carbons (Fsp3) is 0.209. The van der Waals surface area contributed by atoms with Crippen molar-refractivity contribution in [1.29, 1.82) is 0 Å². The minimum Gasteiger partial charge on any atom is -0.500 e. The second kappa shape index (κ2) is 14.9. The molecule has 1 radical (unpaired) electrons. The van der Waals surface area contributed by atoms with E-state index in [9.17, 15) is 8.78 Å². The second-order valence-electron chi connectivity index (χ2n) is 13.8. The van der Waals surface area contributed by atoms with Crippen molar-refractivity contribution in [2.24, 2.45) is 0 Å². The predicted molar refractivity (Wildman–Crippen MR) is 201 cm³/mol. The van der Waals surface area contributed by atoms with Gasteiger partial charge in [0.15, 0.2) is 0 Å². The van der Waals surface area contributed by atoms with Crippen LogP contribution < -0.4 is 5.19 Å². The van der Waals surface area contributed by atoms with Crippen LogP contribution in [0.4, 0.5) is 8.78 Å². The van der Waals surface area contributed by atoms with Crippen molar-refractivity contribution in [2.75, 3.05) is 0 Å². The molecule has 257 valence electrons. The zero-order valence-electron chi connectivity index (χ0n) is 30.6. The first-order valence-corrected chi connectivity index (χ1v) is 19.9. The quantitative estimate of drug-likeness (QED) is 0.128. The van der Waals surface area contributed by atoms with Gasteiger partial charge in [0.1, 0.15) is 11.4 Å². The monoisotopic (exact) mass is 860 g/mol. The van der Waals surface area contributed by atoms with Gasteiger partial charge in [-0.05, 0) is 89.1 Å². The summed E-state index contributed by atoms with van der Waals surface area (Å²) in [6, 6.07) is 29.7. The van der Waals surface area contributed by atoms with E-state index in [4.69, 9.17) is 5.79 Å². The standard InChI is InChI=1S/C26H18F2NO.C17H22NSi.Ir/c1-14-10-15(2)24(16(3)11-14)17-8-9-29-22(12-17)19-6-7-21(28)25-20-5-4-18(27)13-23(20)30-26(19)25;1-13(2)15-11-16(14-9-7-6-8-10-14)18-12-17(15)19(3,4)5;/h4-5,7-13H,1-3H3;6-9,11-13H,1-5H3;/q2*-1;/i;13D;. The predicted octanol–water partition coefficient (Wildman–Crippen LogP) is 11.5. The van der Waals surface area contributed by atoms with E-state index in [1.54, 1.807) is 6.20 Å². The Labute approximate surface area is 309 Å². The average molecular weight is 860 g/mol. The molecule has 0 aliphatic heterocycles. The molecule has 3 nitrogen and oxygen atoms in total. The van der Waals surface area contributed by atoms with Crippen LogP contribution in [-0.4, -0.2) is 18.0 Å². The van der Waals surface area contributed by atoms with E-state index >= 15 is 0 Å². The second-order valence-corrected chi connectivity index (χ2v) is 18.8. The fourth-order valence-electron chi connectivity index (χ4n) is 6.47. The molecule has 7 aromatic rings. The third-order valence-corrected chi connectivity index (χ3v) is 10.7. The molecule has 0 unspecified atom stereocenters. The van der Waals surface area contributed by atoms with Gasteiger partial charge in [-0.25, -0.2) is 4.39 Å². The first-order chi connectivity index (χ1) is 23.6. The van der Waals surface area contributed by atoms with E-state index in [0.717, 1.165) is 27.9 Å². The Balaban J connectivity index is 0.000000211. The minimum atomic E-state index is -1.50. The molecule has 0 fully saturated rings. The molecule has 4 aromatic carbocycles. The third kappa shape index (κ3) is 7.56. The van der Waals surface area contributed by atoms with Crippen LogP contribution in [0.25, 0.3) is 55.6 Å². The van der Waals surface area contributed by atoms with Gasteiger partial charge in [-0.2, -0.15) is 0 Å². The topological polar surface area (TPSA) is 38.9 Å². The van der Waals surface area contributed by atoms with Crippen molar-refractivity contribution < 1.29 is 34.7 Å². The zero-order chi connectivity index (χ0) is 36.0. The van der Waals surface area contributed by atoms with Crippen molar-refractivity contribution >= 4 is 35.2 Å². The van der Waals surface area contributed by atoms with Crippen LogP contribution in [0, 0.1) is 44.5 Å². The molecule has 0 saturated heterocycles. The number of aromatic nitrogens is 2. The normalized spacial score (nSPS) is 11.9. The van der Waals surface area contributed by atoms with Gasteiger partial charge in [0.05, 0.1) is 13.7 Å². The SMILES string of the molecule is Cc1cc(C)c(-c2ccnc(-c3[c-]cc(F)c4c3oc3cc(F)ccc34)c2)c(C)c1.[2H]C(C)(C)c1cc(-c2[c-]cccc2)ncc1[Si](C)(C)C.[Ir]. The summed E-state index contributed by atoms with van der Waals surface area (Å²) in [4.78, 5) is 9.10. The van der Waals surface area contributed by atoms with Crippen molar-refractivity contribution in [3.8, 4) is 33.6 Å². The van der Waals surface area contributed by atoms with Gasteiger partial charge in [-0.3, -0.25) is 4.39 Å². The van der Waals surface area contributed by atoms with Gasteiger partial charge in [0, 0.05) is 51.1 Å². The third-order valence-electron chi connectivity index (χ3n) is 8.68. The molecule has 7 rings (SSSR count). The van der Waals surface area contributed by atoms with Gasteiger partial charge >= 0.3 is 0 Å². The number of rotatable bonds is 5. The number of aryl methyl sites for hydroxylation is 3. The number of nitrogens with zero attached hydrogens (tertiary/aromatic N) is 2. The van der Waals surface area contributed by atoms with Gasteiger partial charge in [0.2, 0.25) is 0 Å². The first kappa shape index (κ1) is 35.5. The number of hydrogen-bond acceptors (Lipinski definition) is 3. The molecule has 7 heteroatoms. The summed E-state index contributed by atoms with van der Waals surface area (Å²) in [7, 11) is -1.50. The number of furan rings is 1. The van der Waals surface area contributed by atoms with Crippen LogP contribution in [0.2, 0.25) is 19.6 Å². The maximum Gasteiger partial charge on any atom is 0.126 e. The Morgan fingerprint density at radius 2 is 1.60 bits per heavy atom. The summed E-state index contributed by atoms with van der Waals surface area (Å²) in [6.45, 7) is 17.1. The number of benzene rings is 4. The molecule has 0 N–H and O–H groups in total. The van der Waals surface area contributed by atoms with E-state index in [1.165, 1.54) is 46.1 Å². The Morgan fingerprint density at radius 1 is 0.860 bits per heavy atom. The zero-order valence-corrected chi connectivity index (χ0v) is 32.9. The Hall–Kier alpha value is -4.29. The van der Waals surface area contributed by atoms with Gasteiger partial charge in [0.25, 0.3) is 0 Å². The number of halogens is 2. The Kier molecular flexibility index (Phi) is 10.6. The van der Waals surface area contributed by atoms with E-state index in [-0.39, 0.29) is 20.1 Å². The van der Waals surface area contributed by atoms with Crippen molar-refractivity contribution in [2.45, 2.75) is 60.2 Å². The molecular formula is C43H40F2IrN2OSi-2. The van der Waals surface area contributed by atoms with E-state index in [1.807, 2.05) is 56.4 Å². The Bertz CT molecular complexity index is 2340. The molecule has 3 aromatic heterocycles. The van der Waals surface area contributed by atoms with Crippen LogP contribution in [0.5, 0.6) is 0 Å². The fourth-order valence-corrected chi connectivity index (χ4v) is 8.05. The van der Waals surface area contributed by atoms with Gasteiger partial charge in [-0.1, -0.05) is 74.4 Å². The minimum absolute atomic E-state index is 0. The molecule has 3 heterocycles. The molecule has 0 saturated carbocycles.